The minimum absolute atomic E-state index is 0.614. The molecule has 0 fully saturated rings. The molecule has 4 aromatic heterocycles. The highest BCUT2D eigenvalue weighted by Gasteiger charge is 2.26. The van der Waals surface area contributed by atoms with Crippen LogP contribution < -0.4 is 0 Å². The molecular formula is C50H27N3OS. The van der Waals surface area contributed by atoms with Gasteiger partial charge in [0.05, 0.1) is 16.7 Å². The van der Waals surface area contributed by atoms with Crippen molar-refractivity contribution in [1.82, 2.24) is 14.5 Å². The normalized spacial score (nSPS) is 12.4. The lowest BCUT2D eigenvalue weighted by Crippen LogP contribution is -2.04. The first-order valence-electron chi connectivity index (χ1n) is 18.6. The van der Waals surface area contributed by atoms with Crippen LogP contribution in [-0.2, 0) is 0 Å². The van der Waals surface area contributed by atoms with E-state index < -0.39 is 0 Å². The van der Waals surface area contributed by atoms with Crippen LogP contribution in [0.2, 0.25) is 0 Å². The fourth-order valence-electron chi connectivity index (χ4n) is 9.26. The van der Waals surface area contributed by atoms with Crippen molar-refractivity contribution in [2.24, 2.45) is 0 Å². The van der Waals surface area contributed by atoms with E-state index in [0.717, 1.165) is 60.5 Å². The van der Waals surface area contributed by atoms with Crippen LogP contribution in [0.25, 0.3) is 124 Å². The maximum atomic E-state index is 6.94. The summed E-state index contributed by atoms with van der Waals surface area (Å²) in [5.41, 5.74) is 6.64. The number of nitrogens with zero attached hydrogens (tertiary/aromatic N) is 3. The van der Waals surface area contributed by atoms with Gasteiger partial charge in [0.1, 0.15) is 11.1 Å². The summed E-state index contributed by atoms with van der Waals surface area (Å²) in [4.78, 5) is 11.1. The summed E-state index contributed by atoms with van der Waals surface area (Å²) in [6.45, 7) is 0. The molecule has 0 saturated heterocycles. The van der Waals surface area contributed by atoms with Gasteiger partial charge in [0.15, 0.2) is 5.58 Å². The number of benzene rings is 9. The van der Waals surface area contributed by atoms with E-state index in [1.165, 1.54) is 57.9 Å². The van der Waals surface area contributed by atoms with Crippen molar-refractivity contribution in [2.75, 3.05) is 0 Å². The number of fused-ring (bicyclic) bond motifs is 18. The minimum atomic E-state index is 0.614. The lowest BCUT2D eigenvalue weighted by Gasteiger charge is -2.14. The molecule has 254 valence electrons. The number of para-hydroxylation sites is 2. The van der Waals surface area contributed by atoms with Crippen LogP contribution in [0, 0.1) is 0 Å². The first kappa shape index (κ1) is 29.4. The maximum absolute atomic E-state index is 6.94. The van der Waals surface area contributed by atoms with E-state index in [4.69, 9.17) is 14.4 Å². The van der Waals surface area contributed by atoms with Gasteiger partial charge in [-0.1, -0.05) is 133 Å². The quantitative estimate of drug-likeness (QED) is 0.179. The molecule has 4 nitrogen and oxygen atoms in total. The second-order valence-electron chi connectivity index (χ2n) is 14.4. The van der Waals surface area contributed by atoms with Gasteiger partial charge in [-0.2, -0.15) is 0 Å². The zero-order chi connectivity index (χ0) is 35.8. The van der Waals surface area contributed by atoms with Gasteiger partial charge < -0.3 is 4.42 Å². The fourth-order valence-corrected chi connectivity index (χ4v) is 10.5. The third-order valence-electron chi connectivity index (χ3n) is 11.6. The van der Waals surface area contributed by atoms with E-state index in [0.29, 0.717) is 5.95 Å². The van der Waals surface area contributed by atoms with Crippen LogP contribution in [-0.4, -0.2) is 14.5 Å². The van der Waals surface area contributed by atoms with Crippen molar-refractivity contribution in [1.29, 1.82) is 0 Å². The van der Waals surface area contributed by atoms with Crippen LogP contribution in [0.15, 0.2) is 168 Å². The molecule has 0 radical (unpaired) electrons. The fraction of sp³-hybridized carbons (Fsp3) is 0. The van der Waals surface area contributed by atoms with Crippen molar-refractivity contribution in [3.05, 3.63) is 164 Å². The number of rotatable bonds is 2. The Morgan fingerprint density at radius 2 is 1.11 bits per heavy atom. The molecule has 0 spiro atoms. The lowest BCUT2D eigenvalue weighted by molar-refractivity contribution is 0.671. The monoisotopic (exact) mass is 717 g/mol. The van der Waals surface area contributed by atoms with E-state index in [9.17, 15) is 0 Å². The molecule has 13 aromatic rings. The Labute approximate surface area is 317 Å². The number of hydrogen-bond acceptors (Lipinski definition) is 4. The highest BCUT2D eigenvalue weighted by Crippen LogP contribution is 2.48. The Balaban J connectivity index is 1.25. The summed E-state index contributed by atoms with van der Waals surface area (Å²) >= 11 is 1.84. The van der Waals surface area contributed by atoms with Crippen LogP contribution in [0.5, 0.6) is 0 Å². The van der Waals surface area contributed by atoms with Crippen LogP contribution in [0.1, 0.15) is 0 Å². The second kappa shape index (κ2) is 10.8. The molecule has 0 atom stereocenters. The Morgan fingerprint density at radius 3 is 1.95 bits per heavy atom. The summed E-state index contributed by atoms with van der Waals surface area (Å²) < 4.78 is 11.7. The molecule has 0 aliphatic heterocycles. The largest absolute Gasteiger partial charge is 0.454 e. The number of aromatic nitrogens is 3. The Kier molecular flexibility index (Phi) is 5.74. The number of furan rings is 1. The van der Waals surface area contributed by atoms with Gasteiger partial charge in [-0.05, 0) is 62.6 Å². The molecule has 0 N–H and O–H groups in total. The molecule has 9 aromatic carbocycles. The van der Waals surface area contributed by atoms with Crippen molar-refractivity contribution >= 4 is 118 Å². The highest BCUT2D eigenvalue weighted by molar-refractivity contribution is 7.26. The van der Waals surface area contributed by atoms with Gasteiger partial charge in [0, 0.05) is 52.7 Å². The van der Waals surface area contributed by atoms with Gasteiger partial charge in [-0.3, -0.25) is 4.57 Å². The zero-order valence-electron chi connectivity index (χ0n) is 29.2. The van der Waals surface area contributed by atoms with Crippen molar-refractivity contribution in [3.8, 4) is 17.2 Å². The topological polar surface area (TPSA) is 43.9 Å². The van der Waals surface area contributed by atoms with Crippen LogP contribution in [0.4, 0.5) is 0 Å². The SMILES string of the molecule is c1ccc2c(c1)cc(-c1nc(-n3c4ccc5ccccc5c4c4c5ccccc5c5c6ccccc6oc5c43)nc3ccccc13)c1sc3ccccc3c12. The van der Waals surface area contributed by atoms with E-state index in [-0.39, 0.29) is 0 Å². The molecule has 4 heterocycles. The Hall–Kier alpha value is -7.08. The van der Waals surface area contributed by atoms with Crippen LogP contribution >= 0.6 is 11.3 Å². The molecule has 55 heavy (non-hydrogen) atoms. The first-order chi connectivity index (χ1) is 27.3. The minimum Gasteiger partial charge on any atom is -0.454 e. The molecule has 0 aliphatic rings. The average Bonchev–Trinajstić information content (AvgIpc) is 3.94. The highest BCUT2D eigenvalue weighted by atomic mass is 32.1. The number of hydrogen-bond donors (Lipinski definition) is 0. The third-order valence-corrected chi connectivity index (χ3v) is 12.8. The summed E-state index contributed by atoms with van der Waals surface area (Å²) in [6.07, 6.45) is 0. The van der Waals surface area contributed by atoms with E-state index >= 15 is 0 Å². The standard InChI is InChI=1S/C50H27N3OS/c1-3-15-30-28(13-1)25-26-39-44(30)45-33-18-6-5-17-32(33)42-35-20-8-11-23-40(35)54-48(42)47(45)53(39)50-51-38-22-10-7-19-34(38)46(52-50)37-27-29-14-2-4-16-31(29)43-36-21-9-12-24-41(36)55-49(37)43/h1-27H. The third kappa shape index (κ3) is 3.89. The van der Waals surface area contributed by atoms with Crippen molar-refractivity contribution in [3.63, 3.8) is 0 Å². The van der Waals surface area contributed by atoms with E-state index in [1.807, 2.05) is 17.4 Å². The first-order valence-corrected chi connectivity index (χ1v) is 19.4. The van der Waals surface area contributed by atoms with Gasteiger partial charge in [-0.25, -0.2) is 9.97 Å². The molecule has 13 rings (SSSR count). The average molecular weight is 718 g/mol. The summed E-state index contributed by atoms with van der Waals surface area (Å²) in [5, 5.41) is 15.3. The van der Waals surface area contributed by atoms with Gasteiger partial charge in [0.25, 0.3) is 0 Å². The summed E-state index contributed by atoms with van der Waals surface area (Å²) in [6, 6.07) is 58.5. The molecule has 5 heteroatoms. The predicted molar refractivity (Wildman–Crippen MR) is 232 cm³/mol. The molecule has 0 amide bonds. The van der Waals surface area contributed by atoms with Gasteiger partial charge >= 0.3 is 0 Å². The lowest BCUT2D eigenvalue weighted by atomic mass is 9.97. The smallest absolute Gasteiger partial charge is 0.235 e. The van der Waals surface area contributed by atoms with E-state index in [1.54, 1.807) is 0 Å². The summed E-state index contributed by atoms with van der Waals surface area (Å²) in [7, 11) is 0. The maximum Gasteiger partial charge on any atom is 0.235 e. The van der Waals surface area contributed by atoms with E-state index in [2.05, 4.69) is 162 Å². The van der Waals surface area contributed by atoms with Crippen LogP contribution in [0.3, 0.4) is 0 Å². The Bertz CT molecular complexity index is 3790. The molecule has 0 bridgehead atoms. The molecule has 0 unspecified atom stereocenters. The zero-order valence-corrected chi connectivity index (χ0v) is 30.1. The Morgan fingerprint density at radius 1 is 0.473 bits per heavy atom. The van der Waals surface area contributed by atoms with Gasteiger partial charge in [0.2, 0.25) is 5.95 Å². The predicted octanol–water partition coefficient (Wildman–Crippen LogP) is 14.1. The van der Waals surface area contributed by atoms with Crippen molar-refractivity contribution < 1.29 is 4.42 Å². The second-order valence-corrected chi connectivity index (χ2v) is 15.5. The summed E-state index contributed by atoms with van der Waals surface area (Å²) in [5.74, 6) is 0.614. The number of thiophene rings is 1. The van der Waals surface area contributed by atoms with Crippen molar-refractivity contribution in [2.45, 2.75) is 0 Å². The van der Waals surface area contributed by atoms with Gasteiger partial charge in [-0.15, -0.1) is 11.3 Å². The molecule has 0 saturated carbocycles. The molecule has 0 aliphatic carbocycles. The molecular weight excluding hydrogens is 691 g/mol.